The van der Waals surface area contributed by atoms with Gasteiger partial charge in [0.2, 0.25) is 0 Å². The van der Waals surface area contributed by atoms with Crippen LogP contribution in [0.5, 0.6) is 0 Å². The number of carbonyl (C=O) groups excluding carboxylic acids is 1. The second-order valence-corrected chi connectivity index (χ2v) is 4.94. The van der Waals surface area contributed by atoms with Gasteiger partial charge in [-0.2, -0.15) is 0 Å². The molecule has 1 aliphatic rings. The maximum atomic E-state index is 11.8. The van der Waals surface area contributed by atoms with Gasteiger partial charge in [0.1, 0.15) is 0 Å². The van der Waals surface area contributed by atoms with Crippen LogP contribution in [0.25, 0.3) is 0 Å². The van der Waals surface area contributed by atoms with E-state index in [4.69, 9.17) is 9.47 Å². The Kier molecular flexibility index (Phi) is 3.77. The molecule has 0 saturated heterocycles. The van der Waals surface area contributed by atoms with Gasteiger partial charge in [-0.1, -0.05) is 0 Å². The van der Waals surface area contributed by atoms with Crippen molar-refractivity contribution in [2.75, 3.05) is 13.7 Å². The van der Waals surface area contributed by atoms with Crippen LogP contribution >= 0.6 is 0 Å². The Morgan fingerprint density at radius 1 is 1.20 bits per heavy atom. The summed E-state index contributed by atoms with van der Waals surface area (Å²) in [6.45, 7) is 6.43. The fourth-order valence-corrected chi connectivity index (χ4v) is 2.04. The second-order valence-electron chi connectivity index (χ2n) is 4.94. The minimum atomic E-state index is -0.298. The molecule has 0 radical (unpaired) electrons. The first-order chi connectivity index (χ1) is 6.96. The highest BCUT2D eigenvalue weighted by Crippen LogP contribution is 2.42. The number of esters is 1. The quantitative estimate of drug-likeness (QED) is 0.677. The van der Waals surface area contributed by atoms with Gasteiger partial charge < -0.3 is 9.47 Å². The van der Waals surface area contributed by atoms with Crippen LogP contribution in [0.1, 0.15) is 46.5 Å². The third kappa shape index (κ3) is 2.71. The summed E-state index contributed by atoms with van der Waals surface area (Å²) in [6, 6.07) is 0. The zero-order valence-electron chi connectivity index (χ0n) is 10.3. The summed E-state index contributed by atoms with van der Waals surface area (Å²) in [4.78, 5) is 11.8. The summed E-state index contributed by atoms with van der Waals surface area (Å²) in [7, 11) is 1.74. The highest BCUT2D eigenvalue weighted by atomic mass is 16.5. The molecular weight excluding hydrogens is 192 g/mol. The largest absolute Gasteiger partial charge is 0.466 e. The van der Waals surface area contributed by atoms with Crippen molar-refractivity contribution < 1.29 is 14.3 Å². The standard InChI is InChI=1S/C12H22O3/c1-5-15-10(13)11(2)6-8-12(3,14-4)9-7-11/h5-9H2,1-4H3. The van der Waals surface area contributed by atoms with Gasteiger partial charge in [-0.3, -0.25) is 4.79 Å². The predicted octanol–water partition coefficient (Wildman–Crippen LogP) is 2.53. The molecular formula is C12H22O3. The average Bonchev–Trinajstić information content (AvgIpc) is 2.23. The zero-order valence-corrected chi connectivity index (χ0v) is 10.3. The molecule has 0 atom stereocenters. The molecule has 3 heteroatoms. The lowest BCUT2D eigenvalue weighted by molar-refractivity contribution is -0.160. The molecule has 0 aromatic heterocycles. The van der Waals surface area contributed by atoms with E-state index >= 15 is 0 Å². The number of hydrogen-bond acceptors (Lipinski definition) is 3. The number of hydrogen-bond donors (Lipinski definition) is 0. The molecule has 0 spiro atoms. The number of rotatable bonds is 3. The van der Waals surface area contributed by atoms with Gasteiger partial charge in [0, 0.05) is 7.11 Å². The summed E-state index contributed by atoms with van der Waals surface area (Å²) in [5, 5.41) is 0. The smallest absolute Gasteiger partial charge is 0.311 e. The van der Waals surface area contributed by atoms with Crippen molar-refractivity contribution >= 4 is 5.97 Å². The summed E-state index contributed by atoms with van der Waals surface area (Å²) >= 11 is 0. The van der Waals surface area contributed by atoms with E-state index in [-0.39, 0.29) is 17.0 Å². The Bertz CT molecular complexity index is 227. The van der Waals surface area contributed by atoms with Crippen LogP contribution in [0.4, 0.5) is 0 Å². The molecule has 15 heavy (non-hydrogen) atoms. The summed E-state index contributed by atoms with van der Waals surface area (Å²) < 4.78 is 10.6. The van der Waals surface area contributed by atoms with E-state index in [0.29, 0.717) is 6.61 Å². The molecule has 0 aromatic carbocycles. The lowest BCUT2D eigenvalue weighted by Crippen LogP contribution is -2.41. The van der Waals surface area contributed by atoms with Crippen molar-refractivity contribution in [1.29, 1.82) is 0 Å². The number of methoxy groups -OCH3 is 1. The molecule has 0 heterocycles. The van der Waals surface area contributed by atoms with Gasteiger partial charge in [0.15, 0.2) is 0 Å². The van der Waals surface area contributed by atoms with Crippen molar-refractivity contribution in [2.45, 2.75) is 52.1 Å². The van der Waals surface area contributed by atoms with Crippen LogP contribution in [0.2, 0.25) is 0 Å². The van der Waals surface area contributed by atoms with Gasteiger partial charge in [0.05, 0.1) is 17.6 Å². The fourth-order valence-electron chi connectivity index (χ4n) is 2.04. The van der Waals surface area contributed by atoms with Crippen LogP contribution < -0.4 is 0 Å². The lowest BCUT2D eigenvalue weighted by Gasteiger charge is -2.40. The highest BCUT2D eigenvalue weighted by molar-refractivity contribution is 5.76. The van der Waals surface area contributed by atoms with Crippen molar-refractivity contribution in [3.63, 3.8) is 0 Å². The predicted molar refractivity (Wildman–Crippen MR) is 58.6 cm³/mol. The molecule has 0 unspecified atom stereocenters. The van der Waals surface area contributed by atoms with Crippen molar-refractivity contribution in [3.05, 3.63) is 0 Å². The molecule has 1 aliphatic carbocycles. The fraction of sp³-hybridized carbons (Fsp3) is 0.917. The first kappa shape index (κ1) is 12.5. The molecule has 3 nitrogen and oxygen atoms in total. The SMILES string of the molecule is CCOC(=O)C1(C)CCC(C)(OC)CC1. The molecule has 0 amide bonds. The van der Waals surface area contributed by atoms with E-state index < -0.39 is 0 Å². The zero-order chi connectivity index (χ0) is 11.5. The number of carbonyl (C=O) groups is 1. The Hall–Kier alpha value is -0.570. The van der Waals surface area contributed by atoms with Gasteiger partial charge in [0.25, 0.3) is 0 Å². The molecule has 88 valence electrons. The van der Waals surface area contributed by atoms with Gasteiger partial charge >= 0.3 is 5.97 Å². The van der Waals surface area contributed by atoms with Crippen LogP contribution in [-0.4, -0.2) is 25.3 Å². The normalized spacial score (nSPS) is 36.3. The second kappa shape index (κ2) is 4.52. The van der Waals surface area contributed by atoms with E-state index in [1.54, 1.807) is 7.11 Å². The van der Waals surface area contributed by atoms with E-state index in [2.05, 4.69) is 6.92 Å². The van der Waals surface area contributed by atoms with Crippen LogP contribution in [-0.2, 0) is 14.3 Å². The van der Waals surface area contributed by atoms with E-state index in [1.165, 1.54) is 0 Å². The summed E-state index contributed by atoms with van der Waals surface area (Å²) in [6.07, 6.45) is 3.57. The maximum Gasteiger partial charge on any atom is 0.311 e. The third-order valence-electron chi connectivity index (χ3n) is 3.67. The molecule has 1 saturated carbocycles. The minimum Gasteiger partial charge on any atom is -0.466 e. The van der Waals surface area contributed by atoms with Crippen molar-refractivity contribution in [2.24, 2.45) is 5.41 Å². The lowest BCUT2D eigenvalue weighted by atomic mass is 9.70. The molecule has 0 bridgehead atoms. The van der Waals surface area contributed by atoms with Crippen molar-refractivity contribution in [1.82, 2.24) is 0 Å². The van der Waals surface area contributed by atoms with E-state index in [1.807, 2.05) is 13.8 Å². The average molecular weight is 214 g/mol. The maximum absolute atomic E-state index is 11.8. The van der Waals surface area contributed by atoms with Crippen LogP contribution in [0.15, 0.2) is 0 Å². The van der Waals surface area contributed by atoms with Gasteiger partial charge in [-0.25, -0.2) is 0 Å². The highest BCUT2D eigenvalue weighted by Gasteiger charge is 2.43. The Labute approximate surface area is 92.1 Å². The molecule has 0 N–H and O–H groups in total. The van der Waals surface area contributed by atoms with Crippen molar-refractivity contribution in [3.8, 4) is 0 Å². The topological polar surface area (TPSA) is 35.5 Å². The summed E-state index contributed by atoms with van der Waals surface area (Å²) in [5.41, 5.74) is -0.347. The van der Waals surface area contributed by atoms with Crippen LogP contribution in [0.3, 0.4) is 0 Å². The molecule has 1 fully saturated rings. The molecule has 0 aromatic rings. The first-order valence-electron chi connectivity index (χ1n) is 5.68. The Morgan fingerprint density at radius 3 is 2.13 bits per heavy atom. The number of ether oxygens (including phenoxy) is 2. The van der Waals surface area contributed by atoms with E-state index in [0.717, 1.165) is 25.7 Å². The Balaban J connectivity index is 2.58. The molecule has 0 aliphatic heterocycles. The van der Waals surface area contributed by atoms with Gasteiger partial charge in [-0.05, 0) is 46.5 Å². The van der Waals surface area contributed by atoms with Gasteiger partial charge in [-0.15, -0.1) is 0 Å². The minimum absolute atomic E-state index is 0.0496. The third-order valence-corrected chi connectivity index (χ3v) is 3.67. The monoisotopic (exact) mass is 214 g/mol. The Morgan fingerprint density at radius 2 is 1.73 bits per heavy atom. The van der Waals surface area contributed by atoms with Crippen LogP contribution in [0, 0.1) is 5.41 Å². The molecule has 1 rings (SSSR count). The first-order valence-corrected chi connectivity index (χ1v) is 5.68. The summed E-state index contributed by atoms with van der Waals surface area (Å²) in [5.74, 6) is -0.0526. The van der Waals surface area contributed by atoms with E-state index in [9.17, 15) is 4.79 Å².